The molecule has 5 atom stereocenters. The largest absolute Gasteiger partial charge is 0.465 e. The molecule has 0 aromatic carbocycles. The summed E-state index contributed by atoms with van der Waals surface area (Å²) in [5.41, 5.74) is -1.23. The number of ether oxygens (including phenoxy) is 3. The second-order valence-electron chi connectivity index (χ2n) is 8.08. The molecule has 3 aliphatic rings. The Bertz CT molecular complexity index is 568. The fraction of sp³-hybridized carbons (Fsp3) is 0.833. The van der Waals surface area contributed by atoms with Gasteiger partial charge in [-0.3, -0.25) is 14.4 Å². The Morgan fingerprint density at radius 1 is 1.33 bits per heavy atom. The minimum Gasteiger partial charge on any atom is -0.465 e. The molecular weight excluding hydrogens is 312 g/mol. The maximum Gasteiger partial charge on any atom is 0.311 e. The molecule has 0 aromatic heterocycles. The van der Waals surface area contributed by atoms with Crippen molar-refractivity contribution in [3.8, 4) is 0 Å². The highest BCUT2D eigenvalue weighted by Crippen LogP contribution is 2.61. The molecule has 3 rings (SSSR count). The molecule has 0 radical (unpaired) electrons. The van der Waals surface area contributed by atoms with Crippen molar-refractivity contribution >= 4 is 17.9 Å². The van der Waals surface area contributed by atoms with Crippen molar-refractivity contribution in [3.05, 3.63) is 0 Å². The number of rotatable bonds is 6. The third-order valence-electron chi connectivity index (χ3n) is 6.19. The number of carbonyl (C=O) groups excluding carboxylic acids is 3. The molecule has 3 fully saturated rings. The van der Waals surface area contributed by atoms with Crippen molar-refractivity contribution in [1.29, 1.82) is 0 Å². The Hall–Kier alpha value is -1.59. The maximum atomic E-state index is 12.1. The fourth-order valence-corrected chi connectivity index (χ4v) is 4.30. The van der Waals surface area contributed by atoms with Gasteiger partial charge in [0.05, 0.1) is 17.8 Å². The molecule has 24 heavy (non-hydrogen) atoms. The van der Waals surface area contributed by atoms with Crippen LogP contribution in [-0.4, -0.2) is 36.2 Å². The Morgan fingerprint density at radius 2 is 2.04 bits per heavy atom. The van der Waals surface area contributed by atoms with E-state index in [2.05, 4.69) is 0 Å². The monoisotopic (exact) mass is 338 g/mol. The second kappa shape index (κ2) is 5.74. The quantitative estimate of drug-likeness (QED) is 0.546. The van der Waals surface area contributed by atoms with Gasteiger partial charge >= 0.3 is 17.9 Å². The second-order valence-corrected chi connectivity index (χ2v) is 8.08. The van der Waals surface area contributed by atoms with Gasteiger partial charge in [-0.05, 0) is 40.0 Å². The van der Waals surface area contributed by atoms with E-state index in [0.29, 0.717) is 6.42 Å². The van der Waals surface area contributed by atoms with Crippen molar-refractivity contribution in [2.75, 3.05) is 6.61 Å². The van der Waals surface area contributed by atoms with E-state index in [-0.39, 0.29) is 48.8 Å². The molecule has 1 aliphatic heterocycles. The fourth-order valence-electron chi connectivity index (χ4n) is 4.30. The van der Waals surface area contributed by atoms with Crippen LogP contribution in [0.25, 0.3) is 0 Å². The molecule has 0 aromatic rings. The van der Waals surface area contributed by atoms with Crippen LogP contribution in [0.1, 0.15) is 53.4 Å². The lowest BCUT2D eigenvalue weighted by Crippen LogP contribution is -2.46. The van der Waals surface area contributed by atoms with E-state index in [4.69, 9.17) is 14.2 Å². The molecule has 134 valence electrons. The highest BCUT2D eigenvalue weighted by molar-refractivity contribution is 5.78. The smallest absolute Gasteiger partial charge is 0.311 e. The van der Waals surface area contributed by atoms with E-state index < -0.39 is 17.0 Å². The molecule has 5 unspecified atom stereocenters. The van der Waals surface area contributed by atoms with E-state index in [1.54, 1.807) is 0 Å². The van der Waals surface area contributed by atoms with E-state index in [0.717, 1.165) is 12.8 Å². The third-order valence-corrected chi connectivity index (χ3v) is 6.19. The van der Waals surface area contributed by atoms with Crippen LogP contribution in [0.2, 0.25) is 0 Å². The van der Waals surface area contributed by atoms with Gasteiger partial charge in [0.1, 0.15) is 18.3 Å². The van der Waals surface area contributed by atoms with Crippen molar-refractivity contribution in [2.24, 2.45) is 23.2 Å². The zero-order valence-electron chi connectivity index (χ0n) is 14.8. The predicted molar refractivity (Wildman–Crippen MR) is 83.7 cm³/mol. The molecule has 1 saturated heterocycles. The summed E-state index contributed by atoms with van der Waals surface area (Å²) >= 11 is 0. The van der Waals surface area contributed by atoms with E-state index in [1.165, 1.54) is 0 Å². The van der Waals surface area contributed by atoms with Crippen LogP contribution in [0.5, 0.6) is 0 Å². The summed E-state index contributed by atoms with van der Waals surface area (Å²) in [6.07, 6.45) is 1.95. The first kappa shape index (κ1) is 17.2. The normalized spacial score (nSPS) is 36.6. The summed E-state index contributed by atoms with van der Waals surface area (Å²) in [6.45, 7) is 7.43. The first-order valence-corrected chi connectivity index (χ1v) is 8.78. The van der Waals surface area contributed by atoms with Crippen LogP contribution in [-0.2, 0) is 28.6 Å². The summed E-state index contributed by atoms with van der Waals surface area (Å²) in [7, 11) is 0. The molecular formula is C18H26O6. The Labute approximate surface area is 142 Å². The van der Waals surface area contributed by atoms with Crippen LogP contribution in [0.3, 0.4) is 0 Å². The Morgan fingerprint density at radius 3 is 2.71 bits per heavy atom. The van der Waals surface area contributed by atoms with Crippen LogP contribution in [0, 0.1) is 23.2 Å². The molecule has 6 heteroatoms. The number of hydrogen-bond acceptors (Lipinski definition) is 6. The molecule has 1 heterocycles. The zero-order valence-corrected chi connectivity index (χ0v) is 14.8. The average Bonchev–Trinajstić information content (AvgIpc) is 3.10. The van der Waals surface area contributed by atoms with Gasteiger partial charge in [-0.15, -0.1) is 0 Å². The number of fused-ring (bicyclic) bond motifs is 1. The molecule has 2 aliphatic carbocycles. The Balaban J connectivity index is 1.50. The molecule has 0 N–H and O–H groups in total. The van der Waals surface area contributed by atoms with Crippen molar-refractivity contribution in [2.45, 2.75) is 65.1 Å². The summed E-state index contributed by atoms with van der Waals surface area (Å²) in [4.78, 5) is 35.9. The van der Waals surface area contributed by atoms with Crippen LogP contribution >= 0.6 is 0 Å². The van der Waals surface area contributed by atoms with E-state index in [9.17, 15) is 14.4 Å². The van der Waals surface area contributed by atoms with Gasteiger partial charge in [0, 0.05) is 11.8 Å². The lowest BCUT2D eigenvalue weighted by Gasteiger charge is -2.34. The van der Waals surface area contributed by atoms with Gasteiger partial charge in [0.2, 0.25) is 0 Å². The first-order chi connectivity index (χ1) is 11.2. The zero-order chi connectivity index (χ0) is 17.7. The van der Waals surface area contributed by atoms with E-state index in [1.807, 2.05) is 27.7 Å². The molecule has 6 nitrogen and oxygen atoms in total. The highest BCUT2D eigenvalue weighted by Gasteiger charge is 2.70. The van der Waals surface area contributed by atoms with Gasteiger partial charge in [-0.1, -0.05) is 6.92 Å². The minimum atomic E-state index is -0.679. The third kappa shape index (κ3) is 2.60. The Kier molecular flexibility index (Phi) is 4.12. The number of hydrogen-bond donors (Lipinski definition) is 0. The van der Waals surface area contributed by atoms with Crippen molar-refractivity contribution < 1.29 is 28.6 Å². The summed E-state index contributed by atoms with van der Waals surface area (Å²) < 4.78 is 16.3. The highest BCUT2D eigenvalue weighted by atomic mass is 16.6. The van der Waals surface area contributed by atoms with Crippen molar-refractivity contribution in [1.82, 2.24) is 0 Å². The summed E-state index contributed by atoms with van der Waals surface area (Å²) in [6, 6.07) is 0. The summed E-state index contributed by atoms with van der Waals surface area (Å²) in [5.74, 6) is -0.531. The van der Waals surface area contributed by atoms with Gasteiger partial charge in [-0.2, -0.15) is 0 Å². The molecule has 2 saturated carbocycles. The topological polar surface area (TPSA) is 78.9 Å². The predicted octanol–water partition coefficient (Wildman–Crippen LogP) is 2.24. The van der Waals surface area contributed by atoms with Crippen LogP contribution in [0.4, 0.5) is 0 Å². The molecule has 2 bridgehead atoms. The maximum absolute atomic E-state index is 12.1. The average molecular weight is 338 g/mol. The minimum absolute atomic E-state index is 0.0149. The van der Waals surface area contributed by atoms with Gasteiger partial charge < -0.3 is 14.2 Å². The first-order valence-electron chi connectivity index (χ1n) is 8.78. The van der Waals surface area contributed by atoms with E-state index >= 15 is 0 Å². The van der Waals surface area contributed by atoms with Crippen molar-refractivity contribution in [3.63, 3.8) is 0 Å². The van der Waals surface area contributed by atoms with Gasteiger partial charge in [-0.25, -0.2) is 0 Å². The van der Waals surface area contributed by atoms with Crippen LogP contribution < -0.4 is 0 Å². The molecule has 0 amide bonds. The summed E-state index contributed by atoms with van der Waals surface area (Å²) in [5, 5.41) is 0. The van der Waals surface area contributed by atoms with Crippen LogP contribution in [0.15, 0.2) is 0 Å². The number of esters is 3. The van der Waals surface area contributed by atoms with Gasteiger partial charge in [0.15, 0.2) is 0 Å². The van der Waals surface area contributed by atoms with Gasteiger partial charge in [0.25, 0.3) is 0 Å². The lowest BCUT2D eigenvalue weighted by molar-refractivity contribution is -0.175. The SMILES string of the molecule is CCC(C)(C)C(=O)OCCC(=O)OC1C2CC3C(=O)OC1(C)C3C2. The lowest BCUT2D eigenvalue weighted by atomic mass is 9.79. The number of carbonyl (C=O) groups is 3. The standard InChI is InChI=1S/C18H26O6/c1-5-17(2,3)16(21)22-7-6-13(19)23-14-10-8-11-12(9-10)18(14,4)24-15(11)20/h10-12,14H,5-9H2,1-4H3. The molecule has 0 spiro atoms.